The Labute approximate surface area is 160 Å². The van der Waals surface area contributed by atoms with Gasteiger partial charge in [-0.05, 0) is 55.3 Å². The van der Waals surface area contributed by atoms with Gasteiger partial charge in [-0.25, -0.2) is 0 Å². The molecule has 7 heteroatoms. The lowest BCUT2D eigenvalue weighted by Gasteiger charge is -2.13. The number of aryl methyl sites for hydroxylation is 2. The van der Waals surface area contributed by atoms with E-state index in [1.807, 2.05) is 0 Å². The monoisotopic (exact) mass is 379 g/mol. The van der Waals surface area contributed by atoms with Gasteiger partial charge in [0.15, 0.2) is 0 Å². The van der Waals surface area contributed by atoms with Crippen molar-refractivity contribution in [1.82, 2.24) is 0 Å². The number of para-hydroxylation sites is 1. The fourth-order valence-electron chi connectivity index (χ4n) is 2.88. The molecule has 0 spiro atoms. The highest BCUT2D eigenvalue weighted by Gasteiger charge is 2.19. The summed E-state index contributed by atoms with van der Waals surface area (Å²) in [5, 5.41) is 31.0. The molecular formula is C21H17NO6. The third-order valence-corrected chi connectivity index (χ3v) is 4.24. The highest BCUT2D eigenvalue weighted by molar-refractivity contribution is 6.12. The minimum absolute atomic E-state index is 0.0313. The van der Waals surface area contributed by atoms with Gasteiger partial charge in [-0.1, -0.05) is 12.1 Å². The van der Waals surface area contributed by atoms with Crippen LogP contribution in [0.2, 0.25) is 0 Å². The summed E-state index contributed by atoms with van der Waals surface area (Å²) in [6.45, 7) is 3.37. The standard InChI is InChI=1S/C21H17NO6/c1-12-9-14(22(26)27)10-13(2)21(12)28-15-7-8-19(24)17(11-15)20(25)16-5-3-4-6-18(16)23/h3-11,23-24H,1-2H3. The minimum atomic E-state index is -0.557. The molecule has 0 fully saturated rings. The average molecular weight is 379 g/mol. The molecule has 0 aromatic heterocycles. The number of rotatable bonds is 5. The first kappa shape index (κ1) is 18.9. The van der Waals surface area contributed by atoms with E-state index in [0.717, 1.165) is 0 Å². The molecule has 3 aromatic rings. The van der Waals surface area contributed by atoms with Crippen LogP contribution < -0.4 is 4.74 Å². The largest absolute Gasteiger partial charge is 0.507 e. The molecule has 3 rings (SSSR count). The molecule has 0 aliphatic heterocycles. The zero-order chi connectivity index (χ0) is 20.4. The topological polar surface area (TPSA) is 110 Å². The Morgan fingerprint density at radius 2 is 1.54 bits per heavy atom. The number of benzene rings is 3. The summed E-state index contributed by atoms with van der Waals surface area (Å²) in [6.07, 6.45) is 0. The number of non-ortho nitro benzene ring substituents is 1. The smallest absolute Gasteiger partial charge is 0.270 e. The number of aromatic hydroxyl groups is 2. The van der Waals surface area contributed by atoms with E-state index in [1.54, 1.807) is 26.0 Å². The van der Waals surface area contributed by atoms with Crippen molar-refractivity contribution < 1.29 is 24.7 Å². The quantitative estimate of drug-likeness (QED) is 0.379. The Morgan fingerprint density at radius 3 is 2.14 bits per heavy atom. The van der Waals surface area contributed by atoms with Crippen LogP contribution in [-0.2, 0) is 0 Å². The Kier molecular flexibility index (Phi) is 5.00. The molecule has 0 saturated heterocycles. The number of ether oxygens (including phenoxy) is 1. The van der Waals surface area contributed by atoms with Crippen LogP contribution in [0.1, 0.15) is 27.0 Å². The molecule has 3 aromatic carbocycles. The molecule has 0 heterocycles. The summed E-state index contributed by atoms with van der Waals surface area (Å²) in [5.74, 6) is -0.301. The number of ketones is 1. The molecule has 0 saturated carbocycles. The Morgan fingerprint density at radius 1 is 0.929 bits per heavy atom. The SMILES string of the molecule is Cc1cc([N+](=O)[O-])cc(C)c1Oc1ccc(O)c(C(=O)c2ccccc2O)c1. The van der Waals surface area contributed by atoms with Gasteiger partial charge in [0.1, 0.15) is 23.0 Å². The predicted octanol–water partition coefficient (Wildman–Crippen LogP) is 4.65. The maximum Gasteiger partial charge on any atom is 0.270 e. The first-order chi connectivity index (χ1) is 13.3. The molecule has 7 nitrogen and oxygen atoms in total. The van der Waals surface area contributed by atoms with Crippen molar-refractivity contribution in [2.45, 2.75) is 13.8 Å². The van der Waals surface area contributed by atoms with Crippen LogP contribution in [0.4, 0.5) is 5.69 Å². The van der Waals surface area contributed by atoms with Crippen LogP contribution in [0.15, 0.2) is 54.6 Å². The molecule has 0 atom stereocenters. The fraction of sp³-hybridized carbons (Fsp3) is 0.0952. The van der Waals surface area contributed by atoms with Crippen LogP contribution in [0.3, 0.4) is 0 Å². The van der Waals surface area contributed by atoms with Crippen LogP contribution >= 0.6 is 0 Å². The van der Waals surface area contributed by atoms with E-state index in [9.17, 15) is 25.1 Å². The molecular weight excluding hydrogens is 362 g/mol. The van der Waals surface area contributed by atoms with Gasteiger partial charge in [0.25, 0.3) is 5.69 Å². The van der Waals surface area contributed by atoms with Crippen molar-refractivity contribution in [3.63, 3.8) is 0 Å². The van der Waals surface area contributed by atoms with E-state index in [2.05, 4.69) is 0 Å². The first-order valence-corrected chi connectivity index (χ1v) is 8.37. The lowest BCUT2D eigenvalue weighted by atomic mass is 10.0. The zero-order valence-corrected chi connectivity index (χ0v) is 15.2. The van der Waals surface area contributed by atoms with Crippen molar-refractivity contribution >= 4 is 11.5 Å². The van der Waals surface area contributed by atoms with Crippen molar-refractivity contribution in [2.24, 2.45) is 0 Å². The van der Waals surface area contributed by atoms with Gasteiger partial charge in [-0.3, -0.25) is 14.9 Å². The van der Waals surface area contributed by atoms with Crippen LogP contribution in [-0.4, -0.2) is 20.9 Å². The molecule has 0 bridgehead atoms. The Hall–Kier alpha value is -3.87. The van der Waals surface area contributed by atoms with Gasteiger partial charge in [0.05, 0.1) is 16.1 Å². The lowest BCUT2D eigenvalue weighted by molar-refractivity contribution is -0.385. The Balaban J connectivity index is 1.98. The summed E-state index contributed by atoms with van der Waals surface area (Å²) in [4.78, 5) is 23.2. The average Bonchev–Trinajstić information content (AvgIpc) is 2.65. The number of nitro benzene ring substituents is 1. The molecule has 28 heavy (non-hydrogen) atoms. The van der Waals surface area contributed by atoms with E-state index < -0.39 is 10.7 Å². The summed E-state index contributed by atoms with van der Waals surface area (Å²) in [7, 11) is 0. The van der Waals surface area contributed by atoms with Gasteiger partial charge >= 0.3 is 0 Å². The van der Waals surface area contributed by atoms with E-state index >= 15 is 0 Å². The molecule has 142 valence electrons. The van der Waals surface area contributed by atoms with Crippen molar-refractivity contribution in [3.05, 3.63) is 87.0 Å². The number of hydrogen-bond donors (Lipinski definition) is 2. The number of phenolic OH excluding ortho intramolecular Hbond substituents is 2. The third kappa shape index (κ3) is 3.64. The first-order valence-electron chi connectivity index (χ1n) is 8.37. The number of nitro groups is 1. The Bertz CT molecular complexity index is 1070. The number of nitrogens with zero attached hydrogens (tertiary/aromatic N) is 1. The second kappa shape index (κ2) is 7.40. The summed E-state index contributed by atoms with van der Waals surface area (Å²) >= 11 is 0. The van der Waals surface area contributed by atoms with Crippen molar-refractivity contribution in [1.29, 1.82) is 0 Å². The number of phenols is 2. The molecule has 2 N–H and O–H groups in total. The van der Waals surface area contributed by atoms with Gasteiger partial charge in [-0.15, -0.1) is 0 Å². The number of carbonyl (C=O) groups excluding carboxylic acids is 1. The van der Waals surface area contributed by atoms with Crippen molar-refractivity contribution in [2.75, 3.05) is 0 Å². The second-order valence-electron chi connectivity index (χ2n) is 6.29. The minimum Gasteiger partial charge on any atom is -0.507 e. The van der Waals surface area contributed by atoms with Crippen LogP contribution in [0, 0.1) is 24.0 Å². The van der Waals surface area contributed by atoms with E-state index in [4.69, 9.17) is 4.74 Å². The number of carbonyl (C=O) groups is 1. The zero-order valence-electron chi connectivity index (χ0n) is 15.2. The number of hydrogen-bond acceptors (Lipinski definition) is 6. The summed E-state index contributed by atoms with van der Waals surface area (Å²) in [5.41, 5.74) is 1.11. The van der Waals surface area contributed by atoms with Gasteiger partial charge < -0.3 is 14.9 Å². The summed E-state index contributed by atoms with van der Waals surface area (Å²) < 4.78 is 5.84. The molecule has 0 aliphatic carbocycles. The van der Waals surface area contributed by atoms with Crippen LogP contribution in [0.25, 0.3) is 0 Å². The molecule has 0 amide bonds. The fourth-order valence-corrected chi connectivity index (χ4v) is 2.88. The van der Waals surface area contributed by atoms with Gasteiger partial charge in [0, 0.05) is 12.1 Å². The predicted molar refractivity (Wildman–Crippen MR) is 102 cm³/mol. The van der Waals surface area contributed by atoms with E-state index in [-0.39, 0.29) is 34.1 Å². The normalized spacial score (nSPS) is 10.5. The van der Waals surface area contributed by atoms with Crippen molar-refractivity contribution in [3.8, 4) is 23.0 Å². The lowest BCUT2D eigenvalue weighted by Crippen LogP contribution is -2.03. The van der Waals surface area contributed by atoms with E-state index in [0.29, 0.717) is 16.9 Å². The third-order valence-electron chi connectivity index (χ3n) is 4.24. The maximum atomic E-state index is 12.7. The summed E-state index contributed by atoms with van der Waals surface area (Å²) in [6, 6.07) is 13.0. The maximum absolute atomic E-state index is 12.7. The van der Waals surface area contributed by atoms with Gasteiger partial charge in [0.2, 0.25) is 5.78 Å². The molecule has 0 aliphatic rings. The highest BCUT2D eigenvalue weighted by atomic mass is 16.6. The van der Waals surface area contributed by atoms with Gasteiger partial charge in [-0.2, -0.15) is 0 Å². The van der Waals surface area contributed by atoms with Crippen LogP contribution in [0.5, 0.6) is 23.0 Å². The van der Waals surface area contributed by atoms with E-state index in [1.165, 1.54) is 42.5 Å². The molecule has 0 radical (unpaired) electrons. The molecule has 0 unspecified atom stereocenters. The second-order valence-corrected chi connectivity index (χ2v) is 6.29. The highest BCUT2D eigenvalue weighted by Crippen LogP contribution is 2.35.